The molecule has 0 aromatic heterocycles. The number of Topliss-reactive ketones (excluding diaryl/α,β-unsaturated/α-hetero) is 4. The molecule has 124 valence electrons. The van der Waals surface area contributed by atoms with Gasteiger partial charge in [0, 0.05) is 23.1 Å². The van der Waals surface area contributed by atoms with Gasteiger partial charge in [-0.2, -0.15) is 0 Å². The molecule has 0 aliphatic carbocycles. The van der Waals surface area contributed by atoms with Gasteiger partial charge < -0.3 is 19.2 Å². The molecule has 4 nitrogen and oxygen atoms in total. The molecule has 0 aromatic carbocycles. The molecule has 5 heteroatoms. The summed E-state index contributed by atoms with van der Waals surface area (Å²) < 4.78 is 0. The Morgan fingerprint density at radius 2 is 0.952 bits per heavy atom. The van der Waals surface area contributed by atoms with Crippen molar-refractivity contribution in [2.45, 2.75) is 54.4 Å². The van der Waals surface area contributed by atoms with Crippen LogP contribution in [0.25, 0.3) is 0 Å². The maximum atomic E-state index is 10.8. The second-order valence-electron chi connectivity index (χ2n) is 5.64. The van der Waals surface area contributed by atoms with E-state index in [1.807, 2.05) is 27.7 Å². The van der Waals surface area contributed by atoms with E-state index in [0.29, 0.717) is 24.7 Å². The Morgan fingerprint density at radius 3 is 1.10 bits per heavy atom. The van der Waals surface area contributed by atoms with Gasteiger partial charge >= 0.3 is 20.4 Å². The molecule has 0 atom stereocenters. The van der Waals surface area contributed by atoms with E-state index in [1.54, 1.807) is 0 Å². The first kappa shape index (κ1) is 25.1. The minimum absolute atomic E-state index is 0. The van der Waals surface area contributed by atoms with Crippen LogP contribution >= 0.6 is 0 Å². The van der Waals surface area contributed by atoms with Crippen LogP contribution in [0.5, 0.6) is 0 Å². The predicted octanol–water partition coefficient (Wildman–Crippen LogP) is 2.79. The molecule has 0 unspecified atom stereocenters. The van der Waals surface area contributed by atoms with Crippen LogP contribution in [0.2, 0.25) is 0 Å². The zero-order valence-electron chi connectivity index (χ0n) is 13.7. The molecule has 21 heavy (non-hydrogen) atoms. The van der Waals surface area contributed by atoms with Gasteiger partial charge in [0.05, 0.1) is 0 Å². The van der Waals surface area contributed by atoms with Crippen molar-refractivity contribution in [1.29, 1.82) is 0 Å². The summed E-state index contributed by atoms with van der Waals surface area (Å²) in [6.07, 6.45) is 3.25. The van der Waals surface area contributed by atoms with Crippen LogP contribution in [0.3, 0.4) is 0 Å². The van der Waals surface area contributed by atoms with Crippen molar-refractivity contribution in [2.24, 2.45) is 11.8 Å². The third-order valence-corrected chi connectivity index (χ3v) is 1.95. The number of carbonyl (C=O) groups excluding carboxylic acids is 4. The molecule has 0 spiro atoms. The van der Waals surface area contributed by atoms with Gasteiger partial charge in [-0.3, -0.25) is 12.8 Å². The van der Waals surface area contributed by atoms with Crippen LogP contribution in [0.15, 0.2) is 0 Å². The van der Waals surface area contributed by atoms with E-state index in [-0.39, 0.29) is 43.6 Å². The topological polar surface area (TPSA) is 68.3 Å². The number of hydrogen-bond acceptors (Lipinski definition) is 4. The predicted molar refractivity (Wildman–Crippen MR) is 78.9 cm³/mol. The van der Waals surface area contributed by atoms with Crippen molar-refractivity contribution in [1.82, 2.24) is 0 Å². The first-order chi connectivity index (χ1) is 9.04. The molecule has 0 aliphatic rings. The molecule has 0 rings (SSSR count). The van der Waals surface area contributed by atoms with Gasteiger partial charge in [0.15, 0.2) is 0 Å². The fraction of sp³-hybridized carbons (Fsp3) is 0.625. The van der Waals surface area contributed by atoms with E-state index in [0.717, 1.165) is 12.8 Å². The summed E-state index contributed by atoms with van der Waals surface area (Å²) in [5, 5.41) is 0. The van der Waals surface area contributed by atoms with E-state index in [1.165, 1.54) is 13.8 Å². The molecule has 0 heterocycles. The van der Waals surface area contributed by atoms with Gasteiger partial charge in [-0.15, -0.1) is 0 Å². The summed E-state index contributed by atoms with van der Waals surface area (Å²) in [5.41, 5.74) is 0. The Labute approximate surface area is 142 Å². The fourth-order valence-corrected chi connectivity index (χ4v) is 1.38. The zero-order chi connectivity index (χ0) is 16.3. The Bertz CT molecular complexity index is 312. The molecular formula is C16H26O4Pd. The minimum atomic E-state index is -0.161. The summed E-state index contributed by atoms with van der Waals surface area (Å²) in [6.45, 7) is 10.6. The first-order valence-electron chi connectivity index (χ1n) is 6.80. The summed E-state index contributed by atoms with van der Waals surface area (Å²) >= 11 is 0. The fourth-order valence-electron chi connectivity index (χ4n) is 1.38. The Kier molecular flexibility index (Phi) is 16.8. The molecular weight excluding hydrogens is 363 g/mol. The number of rotatable bonds is 8. The number of carbonyl (C=O) groups is 4. The Hall–Kier alpha value is -0.918. The molecule has 0 radical (unpaired) electrons. The van der Waals surface area contributed by atoms with Crippen LogP contribution < -0.4 is 0 Å². The van der Waals surface area contributed by atoms with Gasteiger partial charge in [0.1, 0.15) is 0 Å². The average Bonchev–Trinajstić information content (AvgIpc) is 2.11. The second-order valence-corrected chi connectivity index (χ2v) is 5.64. The quantitative estimate of drug-likeness (QED) is 0.364. The monoisotopic (exact) mass is 388 g/mol. The Morgan fingerprint density at radius 1 is 0.714 bits per heavy atom. The standard InChI is InChI=1S/2C8H13O2.Pd/c2*1-6(2)4-8(10)5-7(3)9;/h2*5-6H,4H2,1-3H3;/q2*-1;+2. The average molecular weight is 389 g/mol. The van der Waals surface area contributed by atoms with Crippen LogP contribution in [0, 0.1) is 24.7 Å². The third-order valence-electron chi connectivity index (χ3n) is 1.95. The summed E-state index contributed by atoms with van der Waals surface area (Å²) in [6, 6.07) is 0. The zero-order valence-corrected chi connectivity index (χ0v) is 15.2. The normalized spacial score (nSPS) is 9.14. The minimum Gasteiger partial charge on any atom is -0.334 e. The van der Waals surface area contributed by atoms with Gasteiger partial charge in [0.25, 0.3) is 0 Å². The second kappa shape index (κ2) is 14.0. The Balaban J connectivity index is -0.000000295. The smallest absolute Gasteiger partial charge is 0.334 e. The van der Waals surface area contributed by atoms with Crippen molar-refractivity contribution in [3.63, 3.8) is 0 Å². The molecule has 0 fully saturated rings. The van der Waals surface area contributed by atoms with E-state index in [4.69, 9.17) is 0 Å². The van der Waals surface area contributed by atoms with Crippen LogP contribution in [0.4, 0.5) is 0 Å². The largest absolute Gasteiger partial charge is 2.00 e. The van der Waals surface area contributed by atoms with E-state index in [9.17, 15) is 19.2 Å². The molecule has 0 saturated carbocycles. The summed E-state index contributed by atoms with van der Waals surface area (Å²) in [5.74, 6) is 0.215. The molecule has 0 aromatic rings. The third kappa shape index (κ3) is 24.5. The molecule has 0 aliphatic heterocycles. The van der Waals surface area contributed by atoms with Crippen molar-refractivity contribution in [2.75, 3.05) is 0 Å². The van der Waals surface area contributed by atoms with Crippen molar-refractivity contribution in [3.8, 4) is 0 Å². The van der Waals surface area contributed by atoms with Crippen LogP contribution in [-0.4, -0.2) is 23.1 Å². The molecule has 0 saturated heterocycles. The van der Waals surface area contributed by atoms with Crippen molar-refractivity contribution >= 4 is 23.1 Å². The van der Waals surface area contributed by atoms with Crippen LogP contribution in [0.1, 0.15) is 54.4 Å². The maximum absolute atomic E-state index is 10.8. The molecule has 0 bridgehead atoms. The van der Waals surface area contributed by atoms with Gasteiger partial charge in [-0.05, 0) is 38.5 Å². The summed E-state index contributed by atoms with van der Waals surface area (Å²) in [7, 11) is 0. The SMILES string of the molecule is CC(=O)[CH-]C(=O)CC(C)C.CC(=O)[CH-]C(=O)CC(C)C.[Pd+2]. The van der Waals surface area contributed by atoms with E-state index < -0.39 is 0 Å². The van der Waals surface area contributed by atoms with Crippen molar-refractivity contribution < 1.29 is 39.6 Å². The van der Waals surface area contributed by atoms with Gasteiger partial charge in [-0.25, -0.2) is 0 Å². The van der Waals surface area contributed by atoms with Gasteiger partial charge in [0.2, 0.25) is 0 Å². The number of ketones is 4. The first-order valence-corrected chi connectivity index (χ1v) is 6.80. The van der Waals surface area contributed by atoms with Crippen molar-refractivity contribution in [3.05, 3.63) is 12.8 Å². The summed E-state index contributed by atoms with van der Waals surface area (Å²) in [4.78, 5) is 42.3. The van der Waals surface area contributed by atoms with E-state index in [2.05, 4.69) is 0 Å². The van der Waals surface area contributed by atoms with Crippen LogP contribution in [-0.2, 0) is 39.6 Å². The van der Waals surface area contributed by atoms with E-state index >= 15 is 0 Å². The molecule has 0 amide bonds. The maximum Gasteiger partial charge on any atom is 2.00 e. The van der Waals surface area contributed by atoms with Gasteiger partial charge in [-0.1, -0.05) is 27.7 Å². The molecule has 0 N–H and O–H groups in total. The number of hydrogen-bond donors (Lipinski definition) is 0.